The molecular weight excluding hydrogens is 234 g/mol. The minimum absolute atomic E-state index is 0.455. The lowest BCUT2D eigenvalue weighted by Crippen LogP contribution is -2.10. The lowest BCUT2D eigenvalue weighted by Gasteiger charge is -2.14. The highest BCUT2D eigenvalue weighted by molar-refractivity contribution is 5.93. The number of rotatable bonds is 4. The third kappa shape index (κ3) is 2.87. The van der Waals surface area contributed by atoms with Crippen LogP contribution in [0.15, 0.2) is 24.3 Å². The summed E-state index contributed by atoms with van der Waals surface area (Å²) in [5, 5.41) is 1.10. The summed E-state index contributed by atoms with van der Waals surface area (Å²) in [6.45, 7) is 8.80. The second kappa shape index (κ2) is 5.57. The summed E-state index contributed by atoms with van der Waals surface area (Å²) in [4.78, 5) is 4.85. The van der Waals surface area contributed by atoms with Gasteiger partial charge in [0, 0.05) is 11.1 Å². The van der Waals surface area contributed by atoms with E-state index >= 15 is 0 Å². The third-order valence-electron chi connectivity index (χ3n) is 3.32. The van der Waals surface area contributed by atoms with Gasteiger partial charge >= 0.3 is 0 Å². The molecule has 1 aromatic carbocycles. The van der Waals surface area contributed by atoms with Crippen molar-refractivity contribution in [1.29, 1.82) is 0 Å². The predicted molar refractivity (Wildman–Crippen MR) is 82.2 cm³/mol. The number of benzene rings is 1. The van der Waals surface area contributed by atoms with E-state index in [-0.39, 0.29) is 0 Å². The highest BCUT2D eigenvalue weighted by atomic mass is 15.2. The van der Waals surface area contributed by atoms with Gasteiger partial charge in [-0.1, -0.05) is 45.9 Å². The molecule has 3 N–H and O–H groups in total. The fourth-order valence-electron chi connectivity index (χ4n) is 2.43. The second-order valence-corrected chi connectivity index (χ2v) is 5.80. The Bertz CT molecular complexity index is 573. The molecular formula is C16H23N3. The van der Waals surface area contributed by atoms with Crippen LogP contribution in [-0.2, 0) is 6.42 Å². The quantitative estimate of drug-likeness (QED) is 0.646. The summed E-state index contributed by atoms with van der Waals surface area (Å²) in [5.74, 6) is 6.70. The van der Waals surface area contributed by atoms with E-state index < -0.39 is 0 Å². The van der Waals surface area contributed by atoms with Crippen molar-refractivity contribution in [3.05, 3.63) is 35.5 Å². The number of para-hydroxylation sites is 1. The molecule has 3 heteroatoms. The van der Waals surface area contributed by atoms with Crippen molar-refractivity contribution in [3.63, 3.8) is 0 Å². The van der Waals surface area contributed by atoms with Crippen molar-refractivity contribution in [2.45, 2.75) is 40.0 Å². The Hall–Kier alpha value is -1.61. The smallest absolute Gasteiger partial charge is 0.0761 e. The molecule has 102 valence electrons. The van der Waals surface area contributed by atoms with Crippen molar-refractivity contribution >= 4 is 16.6 Å². The highest BCUT2D eigenvalue weighted by Crippen LogP contribution is 2.29. The van der Waals surface area contributed by atoms with Crippen molar-refractivity contribution in [3.8, 4) is 0 Å². The molecule has 0 aliphatic carbocycles. The molecule has 1 aromatic heterocycles. The largest absolute Gasteiger partial charge is 0.323 e. The van der Waals surface area contributed by atoms with E-state index in [0.29, 0.717) is 11.8 Å². The van der Waals surface area contributed by atoms with Crippen LogP contribution in [0.3, 0.4) is 0 Å². The lowest BCUT2D eigenvalue weighted by atomic mass is 9.98. The van der Waals surface area contributed by atoms with E-state index in [1.807, 2.05) is 0 Å². The zero-order valence-corrected chi connectivity index (χ0v) is 12.2. The number of hydrogen-bond donors (Lipinski definition) is 2. The van der Waals surface area contributed by atoms with Crippen molar-refractivity contribution in [2.24, 2.45) is 11.8 Å². The average molecular weight is 257 g/mol. The first-order valence-corrected chi connectivity index (χ1v) is 6.92. The zero-order valence-electron chi connectivity index (χ0n) is 12.2. The van der Waals surface area contributed by atoms with E-state index in [9.17, 15) is 0 Å². The Labute approximate surface area is 115 Å². The molecule has 0 aliphatic rings. The standard InChI is InChI=1S/C16H23N3/c1-10(2)8-12-9-15(19-17)14-7-5-6-13(11(3)4)16(14)18-12/h5-7,9-11H,8,17H2,1-4H3,(H,18,19). The van der Waals surface area contributed by atoms with Gasteiger partial charge in [0.15, 0.2) is 0 Å². The summed E-state index contributed by atoms with van der Waals surface area (Å²) in [6.07, 6.45) is 0.969. The van der Waals surface area contributed by atoms with E-state index in [1.54, 1.807) is 0 Å². The molecule has 3 nitrogen and oxygen atoms in total. The first kappa shape index (κ1) is 13.8. The van der Waals surface area contributed by atoms with Crippen LogP contribution in [0, 0.1) is 5.92 Å². The molecule has 0 spiro atoms. The van der Waals surface area contributed by atoms with Gasteiger partial charge in [-0.25, -0.2) is 0 Å². The molecule has 0 radical (unpaired) electrons. The minimum atomic E-state index is 0.455. The maximum Gasteiger partial charge on any atom is 0.0761 e. The number of nitrogens with two attached hydrogens (primary N) is 1. The van der Waals surface area contributed by atoms with Gasteiger partial charge in [-0.2, -0.15) is 0 Å². The Morgan fingerprint density at radius 2 is 1.95 bits per heavy atom. The number of pyridine rings is 1. The van der Waals surface area contributed by atoms with E-state index in [0.717, 1.165) is 28.7 Å². The van der Waals surface area contributed by atoms with Crippen LogP contribution in [0.25, 0.3) is 10.9 Å². The molecule has 0 aliphatic heterocycles. The number of hydrogen-bond acceptors (Lipinski definition) is 3. The Morgan fingerprint density at radius 1 is 1.21 bits per heavy atom. The van der Waals surface area contributed by atoms with Crippen LogP contribution in [0.5, 0.6) is 0 Å². The fourth-order valence-corrected chi connectivity index (χ4v) is 2.43. The molecule has 0 fully saturated rings. The maximum atomic E-state index is 5.66. The molecule has 0 atom stereocenters. The normalized spacial score (nSPS) is 11.5. The van der Waals surface area contributed by atoms with Crippen LogP contribution < -0.4 is 11.3 Å². The average Bonchev–Trinajstić information content (AvgIpc) is 2.36. The molecule has 1 heterocycles. The van der Waals surface area contributed by atoms with Gasteiger partial charge < -0.3 is 5.43 Å². The molecule has 2 aromatic rings. The van der Waals surface area contributed by atoms with Crippen LogP contribution in [0.1, 0.15) is 44.9 Å². The second-order valence-electron chi connectivity index (χ2n) is 5.80. The Balaban J connectivity index is 2.67. The minimum Gasteiger partial charge on any atom is -0.323 e. The summed E-state index contributed by atoms with van der Waals surface area (Å²) in [6, 6.07) is 8.36. The summed E-state index contributed by atoms with van der Waals surface area (Å²) < 4.78 is 0. The number of nitrogen functional groups attached to an aromatic ring is 1. The summed E-state index contributed by atoms with van der Waals surface area (Å²) >= 11 is 0. The number of nitrogens with zero attached hydrogens (tertiary/aromatic N) is 1. The van der Waals surface area contributed by atoms with E-state index in [1.165, 1.54) is 5.56 Å². The molecule has 19 heavy (non-hydrogen) atoms. The van der Waals surface area contributed by atoms with E-state index in [2.05, 4.69) is 57.4 Å². The molecule has 0 bridgehead atoms. The summed E-state index contributed by atoms with van der Waals surface area (Å²) in [7, 11) is 0. The van der Waals surface area contributed by atoms with Crippen LogP contribution in [-0.4, -0.2) is 4.98 Å². The highest BCUT2D eigenvalue weighted by Gasteiger charge is 2.11. The van der Waals surface area contributed by atoms with Gasteiger partial charge in [-0.3, -0.25) is 10.8 Å². The van der Waals surface area contributed by atoms with E-state index in [4.69, 9.17) is 10.8 Å². The number of aromatic nitrogens is 1. The Kier molecular flexibility index (Phi) is 4.05. The molecule has 0 saturated carbocycles. The lowest BCUT2D eigenvalue weighted by molar-refractivity contribution is 0.637. The molecule has 0 amide bonds. The van der Waals surface area contributed by atoms with Gasteiger partial charge in [0.1, 0.15) is 0 Å². The van der Waals surface area contributed by atoms with Gasteiger partial charge in [-0.15, -0.1) is 0 Å². The maximum absolute atomic E-state index is 5.66. The topological polar surface area (TPSA) is 50.9 Å². The zero-order chi connectivity index (χ0) is 14.0. The number of anilines is 1. The molecule has 0 saturated heterocycles. The SMILES string of the molecule is CC(C)Cc1cc(NN)c2cccc(C(C)C)c2n1. The van der Waals surface area contributed by atoms with Crippen LogP contribution in [0.2, 0.25) is 0 Å². The molecule has 2 rings (SSSR count). The van der Waals surface area contributed by atoms with Gasteiger partial charge in [0.05, 0.1) is 11.2 Å². The number of nitrogens with one attached hydrogen (secondary N) is 1. The summed E-state index contributed by atoms with van der Waals surface area (Å²) in [5.41, 5.74) is 7.22. The van der Waals surface area contributed by atoms with Gasteiger partial charge in [0.2, 0.25) is 0 Å². The first-order chi connectivity index (χ1) is 9.02. The van der Waals surface area contributed by atoms with Crippen molar-refractivity contribution in [1.82, 2.24) is 4.98 Å². The number of hydrazine groups is 1. The number of fused-ring (bicyclic) bond motifs is 1. The molecule has 0 unspecified atom stereocenters. The monoisotopic (exact) mass is 257 g/mol. The first-order valence-electron chi connectivity index (χ1n) is 6.92. The predicted octanol–water partition coefficient (Wildman–Crippen LogP) is 3.84. The van der Waals surface area contributed by atoms with Crippen molar-refractivity contribution in [2.75, 3.05) is 5.43 Å². The third-order valence-corrected chi connectivity index (χ3v) is 3.32. The Morgan fingerprint density at radius 3 is 2.53 bits per heavy atom. The van der Waals surface area contributed by atoms with Gasteiger partial charge in [-0.05, 0) is 29.9 Å². The van der Waals surface area contributed by atoms with Crippen molar-refractivity contribution < 1.29 is 0 Å². The van der Waals surface area contributed by atoms with Crippen LogP contribution >= 0.6 is 0 Å². The van der Waals surface area contributed by atoms with Crippen LogP contribution in [0.4, 0.5) is 5.69 Å². The van der Waals surface area contributed by atoms with Gasteiger partial charge in [0.25, 0.3) is 0 Å². The fraction of sp³-hybridized carbons (Fsp3) is 0.438.